The van der Waals surface area contributed by atoms with Crippen molar-refractivity contribution in [1.82, 2.24) is 25.4 Å². The number of anilines is 1. The Bertz CT molecular complexity index is 706. The lowest BCUT2D eigenvalue weighted by atomic mass is 10.1. The number of aryl methyl sites for hydroxylation is 1. The van der Waals surface area contributed by atoms with Crippen LogP contribution >= 0.6 is 0 Å². The lowest BCUT2D eigenvalue weighted by molar-refractivity contribution is 0.648. The van der Waals surface area contributed by atoms with Gasteiger partial charge in [0.2, 0.25) is 0 Å². The Labute approximate surface area is 142 Å². The van der Waals surface area contributed by atoms with Crippen molar-refractivity contribution in [1.29, 1.82) is 0 Å². The first-order valence-corrected chi connectivity index (χ1v) is 8.31. The van der Waals surface area contributed by atoms with E-state index in [0.717, 1.165) is 31.3 Å². The van der Waals surface area contributed by atoms with Gasteiger partial charge < -0.3 is 15.5 Å². The molecule has 0 spiro atoms. The fraction of sp³-hybridized carbons (Fsp3) is 0.471. The summed E-state index contributed by atoms with van der Waals surface area (Å²) in [6.45, 7) is 4.65. The third-order valence-electron chi connectivity index (χ3n) is 4.44. The van der Waals surface area contributed by atoms with E-state index in [4.69, 9.17) is 0 Å². The van der Waals surface area contributed by atoms with Gasteiger partial charge >= 0.3 is 0 Å². The quantitative estimate of drug-likeness (QED) is 0.631. The molecule has 0 saturated carbocycles. The molecule has 2 heterocycles. The van der Waals surface area contributed by atoms with Crippen LogP contribution in [0.1, 0.15) is 18.3 Å². The highest BCUT2D eigenvalue weighted by Crippen LogP contribution is 2.31. The number of hydrogen-bond donors (Lipinski definition) is 2. The van der Waals surface area contributed by atoms with E-state index in [0.29, 0.717) is 12.6 Å². The molecule has 2 N–H and O–H groups in total. The Kier molecular flexibility index (Phi) is 4.98. The average molecular weight is 327 g/mol. The number of para-hydroxylation sites is 1. The molecule has 0 saturated heterocycles. The lowest BCUT2D eigenvalue weighted by Crippen LogP contribution is -2.42. The first-order chi connectivity index (χ1) is 11.7. The number of guanidine groups is 1. The number of fused-ring (bicyclic) bond motifs is 1. The number of benzene rings is 1. The Balaban J connectivity index is 1.49. The van der Waals surface area contributed by atoms with Crippen LogP contribution in [0.2, 0.25) is 0 Å². The summed E-state index contributed by atoms with van der Waals surface area (Å²) in [6, 6.07) is 9.20. The topological polar surface area (TPSA) is 70.4 Å². The van der Waals surface area contributed by atoms with Crippen LogP contribution in [0.25, 0.3) is 0 Å². The number of nitrogens with one attached hydrogen (secondary N) is 2. The molecule has 0 fully saturated rings. The van der Waals surface area contributed by atoms with Crippen LogP contribution in [0.15, 0.2) is 35.6 Å². The van der Waals surface area contributed by atoms with Gasteiger partial charge in [0, 0.05) is 38.9 Å². The second kappa shape index (κ2) is 7.33. The van der Waals surface area contributed by atoms with E-state index in [1.165, 1.54) is 11.3 Å². The summed E-state index contributed by atoms with van der Waals surface area (Å²) in [5, 5.41) is 10.7. The fourth-order valence-electron chi connectivity index (χ4n) is 3.13. The Hall–Kier alpha value is -2.57. The minimum Gasteiger partial charge on any atom is -0.367 e. The zero-order valence-electron chi connectivity index (χ0n) is 14.5. The average Bonchev–Trinajstić information content (AvgIpc) is 3.13. The second-order valence-electron chi connectivity index (χ2n) is 6.03. The number of aromatic nitrogens is 3. The molecular weight excluding hydrogens is 302 g/mol. The van der Waals surface area contributed by atoms with Crippen LogP contribution in [0, 0.1) is 0 Å². The molecule has 1 aromatic carbocycles. The Morgan fingerprint density at radius 1 is 1.33 bits per heavy atom. The maximum absolute atomic E-state index is 4.26. The molecule has 7 heteroatoms. The molecule has 0 amide bonds. The van der Waals surface area contributed by atoms with E-state index in [1.807, 2.05) is 7.05 Å². The highest BCUT2D eigenvalue weighted by atomic mass is 15.3. The first-order valence-electron chi connectivity index (χ1n) is 8.31. The van der Waals surface area contributed by atoms with Crippen molar-refractivity contribution in [3.63, 3.8) is 0 Å². The number of rotatable bonds is 5. The predicted octanol–water partition coefficient (Wildman–Crippen LogP) is 0.931. The molecule has 1 unspecified atom stereocenters. The summed E-state index contributed by atoms with van der Waals surface area (Å²) < 4.78 is 1.75. The van der Waals surface area contributed by atoms with E-state index < -0.39 is 0 Å². The molecule has 3 rings (SSSR count). The van der Waals surface area contributed by atoms with Gasteiger partial charge in [0.05, 0.1) is 6.54 Å². The summed E-state index contributed by atoms with van der Waals surface area (Å²) in [7, 11) is 3.66. The van der Waals surface area contributed by atoms with Gasteiger partial charge in [-0.25, -0.2) is 4.98 Å². The molecule has 128 valence electrons. The maximum Gasteiger partial charge on any atom is 0.191 e. The standard InChI is InChI=1S/C17H25N7/c1-13-10-14-6-4-5-7-15(14)24(13)9-8-19-17(18-2)20-11-16-21-12-22-23(16)3/h4-7,12-13H,8-11H2,1-3H3,(H2,18,19,20). The Morgan fingerprint density at radius 2 is 2.17 bits per heavy atom. The van der Waals surface area contributed by atoms with Gasteiger partial charge in [0.15, 0.2) is 5.96 Å². The van der Waals surface area contributed by atoms with Crippen molar-refractivity contribution in [2.45, 2.75) is 25.9 Å². The molecule has 24 heavy (non-hydrogen) atoms. The number of nitrogens with zero attached hydrogens (tertiary/aromatic N) is 5. The van der Waals surface area contributed by atoms with Crippen molar-refractivity contribution in [2.24, 2.45) is 12.0 Å². The minimum atomic E-state index is 0.540. The van der Waals surface area contributed by atoms with Gasteiger partial charge in [-0.2, -0.15) is 5.10 Å². The molecular formula is C17H25N7. The van der Waals surface area contributed by atoms with E-state index in [1.54, 1.807) is 18.1 Å². The maximum atomic E-state index is 4.26. The summed E-state index contributed by atoms with van der Waals surface area (Å²) in [6.07, 6.45) is 2.68. The molecule has 7 nitrogen and oxygen atoms in total. The van der Waals surface area contributed by atoms with Crippen LogP contribution in [-0.2, 0) is 20.0 Å². The number of aliphatic imine (C=N–C) groups is 1. The van der Waals surface area contributed by atoms with Crippen molar-refractivity contribution < 1.29 is 0 Å². The molecule has 0 bridgehead atoms. The van der Waals surface area contributed by atoms with Crippen LogP contribution in [0.5, 0.6) is 0 Å². The SMILES string of the molecule is CN=C(NCCN1c2ccccc2CC1C)NCc1ncnn1C. The third kappa shape index (κ3) is 3.50. The predicted molar refractivity (Wildman–Crippen MR) is 96.2 cm³/mol. The molecule has 1 aliphatic rings. The highest BCUT2D eigenvalue weighted by Gasteiger charge is 2.24. The molecule has 0 radical (unpaired) electrons. The lowest BCUT2D eigenvalue weighted by Gasteiger charge is -2.25. The molecule has 1 atom stereocenters. The largest absolute Gasteiger partial charge is 0.367 e. The van der Waals surface area contributed by atoms with Crippen LogP contribution < -0.4 is 15.5 Å². The highest BCUT2D eigenvalue weighted by molar-refractivity contribution is 5.79. The van der Waals surface area contributed by atoms with Crippen LogP contribution in [0.4, 0.5) is 5.69 Å². The van der Waals surface area contributed by atoms with Gasteiger partial charge in [0.1, 0.15) is 12.2 Å². The van der Waals surface area contributed by atoms with Crippen molar-refractivity contribution >= 4 is 11.6 Å². The summed E-state index contributed by atoms with van der Waals surface area (Å²) >= 11 is 0. The van der Waals surface area contributed by atoms with E-state index in [-0.39, 0.29) is 0 Å². The van der Waals surface area contributed by atoms with Crippen molar-refractivity contribution in [2.75, 3.05) is 25.0 Å². The van der Waals surface area contributed by atoms with Crippen LogP contribution in [0.3, 0.4) is 0 Å². The zero-order chi connectivity index (χ0) is 16.9. The van der Waals surface area contributed by atoms with E-state index in [9.17, 15) is 0 Å². The van der Waals surface area contributed by atoms with Gasteiger partial charge in [-0.3, -0.25) is 9.67 Å². The van der Waals surface area contributed by atoms with E-state index in [2.05, 4.69) is 61.8 Å². The monoisotopic (exact) mass is 327 g/mol. The van der Waals surface area contributed by atoms with Crippen molar-refractivity contribution in [3.05, 3.63) is 42.0 Å². The number of hydrogen-bond acceptors (Lipinski definition) is 4. The molecule has 0 aliphatic carbocycles. The normalized spacial score (nSPS) is 17.0. The fourth-order valence-corrected chi connectivity index (χ4v) is 3.13. The van der Waals surface area contributed by atoms with E-state index >= 15 is 0 Å². The van der Waals surface area contributed by atoms with Gasteiger partial charge in [-0.05, 0) is 25.0 Å². The second-order valence-corrected chi connectivity index (χ2v) is 6.03. The molecule has 1 aliphatic heterocycles. The molecule has 1 aromatic heterocycles. The molecule has 2 aromatic rings. The smallest absolute Gasteiger partial charge is 0.191 e. The summed E-state index contributed by atoms with van der Waals surface area (Å²) in [5.74, 6) is 1.65. The third-order valence-corrected chi connectivity index (χ3v) is 4.44. The van der Waals surface area contributed by atoms with Crippen LogP contribution in [-0.4, -0.2) is 46.9 Å². The summed E-state index contributed by atoms with van der Waals surface area (Å²) in [4.78, 5) is 10.9. The summed E-state index contributed by atoms with van der Waals surface area (Å²) in [5.41, 5.74) is 2.80. The first kappa shape index (κ1) is 16.3. The van der Waals surface area contributed by atoms with Gasteiger partial charge in [-0.1, -0.05) is 18.2 Å². The minimum absolute atomic E-state index is 0.540. The zero-order valence-corrected chi connectivity index (χ0v) is 14.5. The van der Waals surface area contributed by atoms with Crippen molar-refractivity contribution in [3.8, 4) is 0 Å². The Morgan fingerprint density at radius 3 is 2.92 bits per heavy atom. The van der Waals surface area contributed by atoms with Gasteiger partial charge in [-0.15, -0.1) is 0 Å². The van der Waals surface area contributed by atoms with Gasteiger partial charge in [0.25, 0.3) is 0 Å².